The van der Waals surface area contributed by atoms with Gasteiger partial charge in [-0.25, -0.2) is 0 Å². The molecule has 0 spiro atoms. The first-order valence-electron chi connectivity index (χ1n) is 7.69. The van der Waals surface area contributed by atoms with Gasteiger partial charge >= 0.3 is 0 Å². The predicted octanol–water partition coefficient (Wildman–Crippen LogP) is 3.42. The minimum Gasteiger partial charge on any atom is -0.375 e. The lowest BCUT2D eigenvalue weighted by atomic mass is 10.1. The fourth-order valence-electron chi connectivity index (χ4n) is 2.31. The average molecular weight is 358 g/mol. The molecule has 0 saturated heterocycles. The van der Waals surface area contributed by atoms with Crippen molar-refractivity contribution in [3.63, 3.8) is 0 Å². The molecule has 0 fully saturated rings. The second-order valence-corrected chi connectivity index (χ2v) is 5.96. The first-order chi connectivity index (χ1) is 11.9. The van der Waals surface area contributed by atoms with E-state index in [9.17, 15) is 9.59 Å². The Hall–Kier alpha value is -2.79. The molecule has 0 saturated carbocycles. The van der Waals surface area contributed by atoms with Crippen molar-refractivity contribution in [1.82, 2.24) is 5.32 Å². The van der Waals surface area contributed by atoms with Crippen LogP contribution in [0.25, 0.3) is 6.08 Å². The Morgan fingerprint density at radius 3 is 2.36 bits per heavy atom. The minimum absolute atomic E-state index is 0.148. The zero-order valence-electron chi connectivity index (χ0n) is 14.3. The Kier molecular flexibility index (Phi) is 6.19. The Morgan fingerprint density at radius 1 is 1.08 bits per heavy atom. The number of nitrogens with zero attached hydrogens (tertiary/aromatic N) is 1. The van der Waals surface area contributed by atoms with Gasteiger partial charge in [0.2, 0.25) is 5.91 Å². The summed E-state index contributed by atoms with van der Waals surface area (Å²) in [4.78, 5) is 25.5. The zero-order chi connectivity index (χ0) is 18.4. The highest BCUT2D eigenvalue weighted by atomic mass is 35.5. The van der Waals surface area contributed by atoms with E-state index in [4.69, 9.17) is 11.6 Å². The first-order valence-corrected chi connectivity index (χ1v) is 8.07. The van der Waals surface area contributed by atoms with Gasteiger partial charge in [-0.3, -0.25) is 9.59 Å². The van der Waals surface area contributed by atoms with E-state index in [1.807, 2.05) is 19.0 Å². The lowest BCUT2D eigenvalue weighted by Crippen LogP contribution is -2.17. The van der Waals surface area contributed by atoms with Crippen molar-refractivity contribution < 1.29 is 9.59 Å². The van der Waals surface area contributed by atoms with E-state index < -0.39 is 0 Å². The van der Waals surface area contributed by atoms with Gasteiger partial charge in [-0.15, -0.1) is 0 Å². The molecule has 5 nitrogen and oxygen atoms in total. The summed E-state index contributed by atoms with van der Waals surface area (Å²) in [5.74, 6) is -0.411. The summed E-state index contributed by atoms with van der Waals surface area (Å²) in [6.07, 6.45) is 3.12. The van der Waals surface area contributed by atoms with Crippen LogP contribution < -0.4 is 15.5 Å². The summed E-state index contributed by atoms with van der Waals surface area (Å²) < 4.78 is 0. The summed E-state index contributed by atoms with van der Waals surface area (Å²) in [7, 11) is 5.31. The molecule has 2 aromatic carbocycles. The molecule has 2 rings (SSSR count). The maximum absolute atomic E-state index is 12.2. The number of para-hydroxylation sites is 1. The van der Waals surface area contributed by atoms with Gasteiger partial charge < -0.3 is 15.5 Å². The second-order valence-electron chi connectivity index (χ2n) is 5.55. The van der Waals surface area contributed by atoms with E-state index in [2.05, 4.69) is 10.6 Å². The van der Waals surface area contributed by atoms with Crippen molar-refractivity contribution >= 4 is 40.9 Å². The minimum atomic E-state index is -0.263. The van der Waals surface area contributed by atoms with Gasteiger partial charge in [0, 0.05) is 32.8 Å². The van der Waals surface area contributed by atoms with Gasteiger partial charge in [0.25, 0.3) is 5.91 Å². The highest BCUT2D eigenvalue weighted by Gasteiger charge is 2.10. The third kappa shape index (κ3) is 4.84. The maximum Gasteiger partial charge on any atom is 0.251 e. The number of carbonyl (C=O) groups excluding carboxylic acids is 2. The van der Waals surface area contributed by atoms with E-state index in [0.717, 1.165) is 11.3 Å². The van der Waals surface area contributed by atoms with Crippen LogP contribution in [0.2, 0.25) is 5.02 Å². The molecule has 0 bridgehead atoms. The molecule has 130 valence electrons. The molecular formula is C19H20ClN3O2. The number of nitrogens with one attached hydrogen (secondary N) is 2. The Morgan fingerprint density at radius 2 is 1.76 bits per heavy atom. The average Bonchev–Trinajstić information content (AvgIpc) is 2.59. The molecule has 0 radical (unpaired) electrons. The summed E-state index contributed by atoms with van der Waals surface area (Å²) >= 11 is 6.19. The van der Waals surface area contributed by atoms with Crippen LogP contribution in [0, 0.1) is 0 Å². The van der Waals surface area contributed by atoms with Crippen LogP contribution in [-0.2, 0) is 4.79 Å². The van der Waals surface area contributed by atoms with Crippen molar-refractivity contribution in [3.8, 4) is 0 Å². The highest BCUT2D eigenvalue weighted by Crippen LogP contribution is 2.32. The third-order valence-electron chi connectivity index (χ3n) is 3.52. The number of hydrogen-bond acceptors (Lipinski definition) is 3. The van der Waals surface area contributed by atoms with Gasteiger partial charge in [0.05, 0.1) is 16.4 Å². The van der Waals surface area contributed by atoms with Crippen molar-refractivity contribution in [3.05, 3.63) is 64.7 Å². The van der Waals surface area contributed by atoms with Gasteiger partial charge in [-0.1, -0.05) is 29.8 Å². The molecule has 0 aliphatic carbocycles. The van der Waals surface area contributed by atoms with E-state index in [1.165, 1.54) is 6.08 Å². The standard InChI is InChI=1S/C19H20ClN3O2/c1-21-19(25)14-10-7-13(8-11-14)9-12-17(24)22-16-6-4-5-15(20)18(16)23(2)3/h4-12H,1-3H3,(H,21,25)(H,22,24)/b12-9+. The van der Waals surface area contributed by atoms with E-state index in [-0.39, 0.29) is 11.8 Å². The molecule has 0 atom stereocenters. The zero-order valence-corrected chi connectivity index (χ0v) is 15.1. The molecule has 2 aromatic rings. The molecular weight excluding hydrogens is 338 g/mol. The van der Waals surface area contributed by atoms with E-state index >= 15 is 0 Å². The molecule has 0 aliphatic rings. The molecule has 0 aromatic heterocycles. The Bertz CT molecular complexity index is 799. The van der Waals surface area contributed by atoms with Gasteiger partial charge in [0.15, 0.2) is 0 Å². The lowest BCUT2D eigenvalue weighted by Gasteiger charge is -2.18. The summed E-state index contributed by atoms with van der Waals surface area (Å²) in [5, 5.41) is 5.95. The number of halogens is 1. The SMILES string of the molecule is CNC(=O)c1ccc(/C=C/C(=O)Nc2cccc(Cl)c2N(C)C)cc1. The fourth-order valence-corrected chi connectivity index (χ4v) is 2.65. The van der Waals surface area contributed by atoms with Crippen LogP contribution in [0.5, 0.6) is 0 Å². The smallest absolute Gasteiger partial charge is 0.251 e. The lowest BCUT2D eigenvalue weighted by molar-refractivity contribution is -0.111. The molecule has 6 heteroatoms. The van der Waals surface area contributed by atoms with Crippen molar-refractivity contribution in [2.75, 3.05) is 31.4 Å². The normalized spacial score (nSPS) is 10.6. The molecule has 0 aliphatic heterocycles. The number of anilines is 2. The van der Waals surface area contributed by atoms with Crippen molar-refractivity contribution in [2.45, 2.75) is 0 Å². The van der Waals surface area contributed by atoms with Crippen LogP contribution >= 0.6 is 11.6 Å². The Balaban J connectivity index is 2.09. The summed E-state index contributed by atoms with van der Waals surface area (Å²) in [6, 6.07) is 12.3. The highest BCUT2D eigenvalue weighted by molar-refractivity contribution is 6.34. The maximum atomic E-state index is 12.2. The molecule has 25 heavy (non-hydrogen) atoms. The van der Waals surface area contributed by atoms with Crippen molar-refractivity contribution in [2.24, 2.45) is 0 Å². The number of rotatable bonds is 5. The van der Waals surface area contributed by atoms with Gasteiger partial charge in [-0.2, -0.15) is 0 Å². The van der Waals surface area contributed by atoms with Crippen LogP contribution in [0.15, 0.2) is 48.5 Å². The monoisotopic (exact) mass is 357 g/mol. The van der Waals surface area contributed by atoms with Crippen LogP contribution in [0.1, 0.15) is 15.9 Å². The largest absolute Gasteiger partial charge is 0.375 e. The topological polar surface area (TPSA) is 61.4 Å². The number of amides is 2. The van der Waals surface area contributed by atoms with Crippen molar-refractivity contribution in [1.29, 1.82) is 0 Å². The first kappa shape index (κ1) is 18.5. The number of hydrogen-bond donors (Lipinski definition) is 2. The molecule has 0 unspecified atom stereocenters. The number of benzene rings is 2. The molecule has 0 heterocycles. The third-order valence-corrected chi connectivity index (χ3v) is 3.82. The Labute approximate surface area is 152 Å². The second kappa shape index (κ2) is 8.35. The predicted molar refractivity (Wildman–Crippen MR) is 103 cm³/mol. The van der Waals surface area contributed by atoms with E-state index in [0.29, 0.717) is 16.3 Å². The molecule has 2 amide bonds. The fraction of sp³-hybridized carbons (Fsp3) is 0.158. The summed E-state index contributed by atoms with van der Waals surface area (Å²) in [6.45, 7) is 0. The van der Waals surface area contributed by atoms with Crippen LogP contribution in [0.4, 0.5) is 11.4 Å². The number of carbonyl (C=O) groups is 2. The molecule has 2 N–H and O–H groups in total. The van der Waals surface area contributed by atoms with Crippen LogP contribution in [0.3, 0.4) is 0 Å². The van der Waals surface area contributed by atoms with Gasteiger partial charge in [0.1, 0.15) is 0 Å². The quantitative estimate of drug-likeness (QED) is 0.806. The van der Waals surface area contributed by atoms with Crippen LogP contribution in [-0.4, -0.2) is 33.0 Å². The van der Waals surface area contributed by atoms with Gasteiger partial charge in [-0.05, 0) is 35.9 Å². The summed E-state index contributed by atoms with van der Waals surface area (Å²) in [5.41, 5.74) is 2.78. The van der Waals surface area contributed by atoms with E-state index in [1.54, 1.807) is 55.6 Å².